The normalized spacial score (nSPS) is 24.6. The lowest BCUT2D eigenvalue weighted by Gasteiger charge is -2.31. The van der Waals surface area contributed by atoms with Crippen LogP contribution in [0.25, 0.3) is 0 Å². The lowest BCUT2D eigenvalue weighted by Crippen LogP contribution is -2.33. The van der Waals surface area contributed by atoms with Crippen molar-refractivity contribution in [1.29, 1.82) is 0 Å². The smallest absolute Gasteiger partial charge is 0.129 e. The number of aryl methyl sites for hydroxylation is 1. The second-order valence-corrected chi connectivity index (χ2v) is 5.99. The number of hydrogen-bond acceptors (Lipinski definition) is 2. The molecule has 1 fully saturated rings. The Balaban J connectivity index is 2.08. The molecule has 1 aliphatic carbocycles. The molecule has 1 aliphatic rings. The molecule has 94 valence electrons. The standard InChI is InChI=1S/C13H18BrClN2/c1-9-6-11(14)8-16-13(9)17-12-5-3-2-4-10(12)7-15/h6,8,10,12H,2-5,7H2,1H3,(H,16,17). The molecular weight excluding hydrogens is 300 g/mol. The third kappa shape index (κ3) is 3.35. The Morgan fingerprint density at radius 1 is 1.47 bits per heavy atom. The molecule has 1 heterocycles. The number of nitrogens with one attached hydrogen (secondary N) is 1. The molecule has 2 nitrogen and oxygen atoms in total. The molecular formula is C13H18BrClN2. The monoisotopic (exact) mass is 316 g/mol. The number of aromatic nitrogens is 1. The number of pyridine rings is 1. The van der Waals surface area contributed by atoms with Crippen LogP contribution in [0.4, 0.5) is 5.82 Å². The zero-order valence-corrected chi connectivity index (χ0v) is 12.4. The van der Waals surface area contributed by atoms with Crippen LogP contribution in [-0.4, -0.2) is 16.9 Å². The number of alkyl halides is 1. The predicted molar refractivity (Wildman–Crippen MR) is 76.8 cm³/mol. The van der Waals surface area contributed by atoms with E-state index in [1.54, 1.807) is 0 Å². The van der Waals surface area contributed by atoms with Gasteiger partial charge in [-0.1, -0.05) is 12.8 Å². The fraction of sp³-hybridized carbons (Fsp3) is 0.615. The van der Waals surface area contributed by atoms with Gasteiger partial charge in [-0.2, -0.15) is 0 Å². The first-order chi connectivity index (χ1) is 8.20. The highest BCUT2D eigenvalue weighted by Crippen LogP contribution is 2.28. The maximum absolute atomic E-state index is 6.04. The van der Waals surface area contributed by atoms with Crippen LogP contribution >= 0.6 is 27.5 Å². The molecule has 0 aromatic carbocycles. The van der Waals surface area contributed by atoms with Gasteiger partial charge in [0.15, 0.2) is 0 Å². The number of halogens is 2. The Bertz CT molecular complexity index is 384. The average Bonchev–Trinajstić information content (AvgIpc) is 2.33. The van der Waals surface area contributed by atoms with Gasteiger partial charge in [-0.25, -0.2) is 4.98 Å². The SMILES string of the molecule is Cc1cc(Br)cnc1NC1CCCCC1CCl. The van der Waals surface area contributed by atoms with Crippen LogP contribution in [0.2, 0.25) is 0 Å². The van der Waals surface area contributed by atoms with Crippen molar-refractivity contribution < 1.29 is 0 Å². The molecule has 2 unspecified atom stereocenters. The highest BCUT2D eigenvalue weighted by molar-refractivity contribution is 9.10. The first kappa shape index (κ1) is 13.2. The Morgan fingerprint density at radius 2 is 2.24 bits per heavy atom. The maximum atomic E-state index is 6.04. The summed E-state index contributed by atoms with van der Waals surface area (Å²) in [4.78, 5) is 4.44. The second-order valence-electron chi connectivity index (χ2n) is 4.77. The van der Waals surface area contributed by atoms with Gasteiger partial charge in [0.1, 0.15) is 5.82 Å². The molecule has 1 saturated carbocycles. The highest BCUT2D eigenvalue weighted by atomic mass is 79.9. The fourth-order valence-corrected chi connectivity index (χ4v) is 3.26. The van der Waals surface area contributed by atoms with Crippen LogP contribution in [0.5, 0.6) is 0 Å². The fourth-order valence-electron chi connectivity index (χ4n) is 2.45. The van der Waals surface area contributed by atoms with E-state index in [0.29, 0.717) is 12.0 Å². The minimum Gasteiger partial charge on any atom is -0.367 e. The minimum atomic E-state index is 0.480. The number of anilines is 1. The summed E-state index contributed by atoms with van der Waals surface area (Å²) in [6.07, 6.45) is 6.88. The minimum absolute atomic E-state index is 0.480. The molecule has 1 aromatic rings. The quantitative estimate of drug-likeness (QED) is 0.838. The van der Waals surface area contributed by atoms with Crippen LogP contribution in [0, 0.1) is 12.8 Å². The Hall–Kier alpha value is -0.280. The molecule has 0 radical (unpaired) electrons. The molecule has 0 saturated heterocycles. The molecule has 0 amide bonds. The van der Waals surface area contributed by atoms with Gasteiger partial charge in [0, 0.05) is 22.6 Å². The molecule has 2 atom stereocenters. The van der Waals surface area contributed by atoms with Crippen molar-refractivity contribution in [3.05, 3.63) is 22.3 Å². The Labute approximate surface area is 116 Å². The summed E-state index contributed by atoms with van der Waals surface area (Å²) in [5, 5.41) is 3.56. The van der Waals surface area contributed by atoms with Crippen LogP contribution in [0.3, 0.4) is 0 Å². The summed E-state index contributed by atoms with van der Waals surface area (Å²) in [6, 6.07) is 2.57. The molecule has 0 aliphatic heterocycles. The molecule has 1 aromatic heterocycles. The van der Waals surface area contributed by atoms with E-state index in [4.69, 9.17) is 11.6 Å². The van der Waals surface area contributed by atoms with Crippen LogP contribution < -0.4 is 5.32 Å². The van der Waals surface area contributed by atoms with E-state index >= 15 is 0 Å². The summed E-state index contributed by atoms with van der Waals surface area (Å²) in [5.74, 6) is 2.32. The van der Waals surface area contributed by atoms with E-state index in [1.807, 2.05) is 6.20 Å². The van der Waals surface area contributed by atoms with E-state index in [-0.39, 0.29) is 0 Å². The first-order valence-corrected chi connectivity index (χ1v) is 7.48. The number of nitrogens with zero attached hydrogens (tertiary/aromatic N) is 1. The third-order valence-electron chi connectivity index (χ3n) is 3.47. The van der Waals surface area contributed by atoms with Gasteiger partial charge in [-0.05, 0) is 53.2 Å². The van der Waals surface area contributed by atoms with E-state index in [0.717, 1.165) is 16.2 Å². The van der Waals surface area contributed by atoms with E-state index < -0.39 is 0 Å². The molecule has 1 N–H and O–H groups in total. The van der Waals surface area contributed by atoms with Crippen molar-refractivity contribution in [2.75, 3.05) is 11.2 Å². The van der Waals surface area contributed by atoms with Gasteiger partial charge in [0.2, 0.25) is 0 Å². The first-order valence-electron chi connectivity index (χ1n) is 6.15. The lowest BCUT2D eigenvalue weighted by atomic mass is 9.85. The van der Waals surface area contributed by atoms with Crippen molar-refractivity contribution >= 4 is 33.3 Å². The summed E-state index contributed by atoms with van der Waals surface area (Å²) in [5.41, 5.74) is 1.18. The van der Waals surface area contributed by atoms with Crippen LogP contribution in [0.15, 0.2) is 16.7 Å². The predicted octanol–water partition coefficient (Wildman–Crippen LogP) is 4.36. The van der Waals surface area contributed by atoms with Crippen molar-refractivity contribution in [1.82, 2.24) is 4.98 Å². The average molecular weight is 318 g/mol. The Morgan fingerprint density at radius 3 is 2.94 bits per heavy atom. The molecule has 0 bridgehead atoms. The van der Waals surface area contributed by atoms with Gasteiger partial charge >= 0.3 is 0 Å². The lowest BCUT2D eigenvalue weighted by molar-refractivity contribution is 0.352. The van der Waals surface area contributed by atoms with Crippen molar-refractivity contribution in [3.8, 4) is 0 Å². The van der Waals surface area contributed by atoms with Gasteiger partial charge in [0.05, 0.1) is 0 Å². The number of rotatable bonds is 3. The summed E-state index contributed by atoms with van der Waals surface area (Å²) < 4.78 is 1.03. The molecule has 4 heteroatoms. The molecule has 2 rings (SSSR count). The van der Waals surface area contributed by atoms with E-state index in [1.165, 1.54) is 31.2 Å². The zero-order chi connectivity index (χ0) is 12.3. The van der Waals surface area contributed by atoms with Crippen molar-refractivity contribution in [2.24, 2.45) is 5.92 Å². The zero-order valence-electron chi connectivity index (χ0n) is 10.0. The topological polar surface area (TPSA) is 24.9 Å². The van der Waals surface area contributed by atoms with Crippen LogP contribution in [-0.2, 0) is 0 Å². The maximum Gasteiger partial charge on any atom is 0.129 e. The summed E-state index contributed by atoms with van der Waals surface area (Å²) in [7, 11) is 0. The Kier molecular flexibility index (Phi) is 4.69. The molecule has 0 spiro atoms. The second kappa shape index (κ2) is 6.05. The third-order valence-corrected chi connectivity index (χ3v) is 4.30. The molecule has 17 heavy (non-hydrogen) atoms. The van der Waals surface area contributed by atoms with Crippen LogP contribution in [0.1, 0.15) is 31.2 Å². The highest BCUT2D eigenvalue weighted by Gasteiger charge is 2.24. The van der Waals surface area contributed by atoms with Gasteiger partial charge in [-0.15, -0.1) is 11.6 Å². The summed E-state index contributed by atoms with van der Waals surface area (Å²) in [6.45, 7) is 2.08. The van der Waals surface area contributed by atoms with Gasteiger partial charge < -0.3 is 5.32 Å². The van der Waals surface area contributed by atoms with E-state index in [2.05, 4.69) is 39.2 Å². The largest absolute Gasteiger partial charge is 0.367 e. The van der Waals surface area contributed by atoms with Crippen molar-refractivity contribution in [2.45, 2.75) is 38.6 Å². The van der Waals surface area contributed by atoms with Gasteiger partial charge in [-0.3, -0.25) is 0 Å². The summed E-state index contributed by atoms with van der Waals surface area (Å²) >= 11 is 9.47. The number of hydrogen-bond donors (Lipinski definition) is 1. The van der Waals surface area contributed by atoms with Gasteiger partial charge in [0.25, 0.3) is 0 Å². The van der Waals surface area contributed by atoms with E-state index in [9.17, 15) is 0 Å². The van der Waals surface area contributed by atoms with Crippen molar-refractivity contribution in [3.63, 3.8) is 0 Å².